The lowest BCUT2D eigenvalue weighted by Crippen LogP contribution is -2.11. The highest BCUT2D eigenvalue weighted by Crippen LogP contribution is 2.48. The molecule has 1 nitrogen and oxygen atoms in total. The molecule has 248 valence electrons. The lowest BCUT2D eigenvalue weighted by atomic mass is 9.92. The van der Waals surface area contributed by atoms with Crippen LogP contribution in [0.4, 0.5) is 17.1 Å². The molecule has 0 fully saturated rings. The third-order valence-electron chi connectivity index (χ3n) is 10.6. The zero-order chi connectivity index (χ0) is 34.9. The van der Waals surface area contributed by atoms with Gasteiger partial charge in [-0.3, -0.25) is 0 Å². The smallest absolute Gasteiger partial charge is 0.0546 e. The monoisotopic (exact) mass is 709 g/mol. The molecule has 0 radical (unpaired) electrons. The van der Waals surface area contributed by atoms with E-state index in [9.17, 15) is 0 Å². The van der Waals surface area contributed by atoms with Gasteiger partial charge in [-0.25, -0.2) is 0 Å². The SMILES string of the molecule is c1ccc(-c2ccc(N(c3ccc4c(c3)sc3ccccc34)c3cc4ccccc4c4ccccc34)cc2-c2cccc3c2sc2ccccc23)cc1. The highest BCUT2D eigenvalue weighted by atomic mass is 32.1. The first kappa shape index (κ1) is 30.4. The van der Waals surface area contributed by atoms with Crippen molar-refractivity contribution in [1.82, 2.24) is 0 Å². The minimum absolute atomic E-state index is 1.12. The largest absolute Gasteiger partial charge is 0.310 e. The van der Waals surface area contributed by atoms with Crippen molar-refractivity contribution >= 4 is 102 Å². The summed E-state index contributed by atoms with van der Waals surface area (Å²) >= 11 is 3.76. The number of rotatable bonds is 5. The Balaban J connectivity index is 1.22. The van der Waals surface area contributed by atoms with Gasteiger partial charge in [0.2, 0.25) is 0 Å². The Kier molecular flexibility index (Phi) is 6.97. The number of thiophene rings is 2. The first-order valence-corrected chi connectivity index (χ1v) is 19.6. The molecule has 0 N–H and O–H groups in total. The predicted octanol–water partition coefficient (Wildman–Crippen LogP) is 15.5. The van der Waals surface area contributed by atoms with Crippen LogP contribution in [0.25, 0.3) is 84.1 Å². The van der Waals surface area contributed by atoms with Crippen molar-refractivity contribution in [2.24, 2.45) is 0 Å². The molecule has 0 bridgehead atoms. The average molecular weight is 710 g/mol. The normalized spacial score (nSPS) is 11.8. The van der Waals surface area contributed by atoms with Crippen LogP contribution in [0.2, 0.25) is 0 Å². The van der Waals surface area contributed by atoms with Crippen molar-refractivity contribution in [3.8, 4) is 22.3 Å². The van der Waals surface area contributed by atoms with Gasteiger partial charge in [-0.2, -0.15) is 0 Å². The average Bonchev–Trinajstić information content (AvgIpc) is 3.79. The Labute approximate surface area is 315 Å². The molecule has 53 heavy (non-hydrogen) atoms. The molecule has 0 unspecified atom stereocenters. The van der Waals surface area contributed by atoms with Crippen LogP contribution in [0.1, 0.15) is 0 Å². The van der Waals surface area contributed by atoms with Crippen LogP contribution < -0.4 is 4.90 Å². The van der Waals surface area contributed by atoms with Crippen LogP contribution in [0.3, 0.4) is 0 Å². The maximum Gasteiger partial charge on any atom is 0.0546 e. The zero-order valence-electron chi connectivity index (χ0n) is 28.7. The van der Waals surface area contributed by atoms with Crippen LogP contribution >= 0.6 is 22.7 Å². The Hall–Kier alpha value is -6.26. The standard InChI is InChI=1S/C50H31NS2/c1-2-13-32(14-3-1)37-27-25-34(30-45(37)44-22-12-21-43-41-20-9-11-24-48(41)53-50(43)44)51(35-26-28-42-40-19-8-10-23-47(40)52-49(42)31-35)46-29-33-15-4-5-16-36(33)38-17-6-7-18-39(38)46/h1-31H. The third-order valence-corrected chi connectivity index (χ3v) is 13.0. The molecule has 0 aliphatic rings. The van der Waals surface area contributed by atoms with E-state index in [0.717, 1.165) is 11.4 Å². The summed E-state index contributed by atoms with van der Waals surface area (Å²) in [4.78, 5) is 2.49. The third kappa shape index (κ3) is 4.89. The fourth-order valence-corrected chi connectivity index (χ4v) is 10.6. The van der Waals surface area contributed by atoms with Crippen LogP contribution in [-0.4, -0.2) is 0 Å². The number of fused-ring (bicyclic) bond motifs is 9. The number of hydrogen-bond acceptors (Lipinski definition) is 3. The summed E-state index contributed by atoms with van der Waals surface area (Å²) in [5.74, 6) is 0. The molecule has 9 aromatic carbocycles. The minimum atomic E-state index is 1.12. The number of anilines is 3. The zero-order valence-corrected chi connectivity index (χ0v) is 30.3. The molecule has 11 aromatic rings. The molecule has 0 aliphatic carbocycles. The van der Waals surface area contributed by atoms with E-state index in [-0.39, 0.29) is 0 Å². The quantitative estimate of drug-likeness (QED) is 0.161. The van der Waals surface area contributed by atoms with Gasteiger partial charge in [0, 0.05) is 62.7 Å². The highest BCUT2D eigenvalue weighted by Gasteiger charge is 2.22. The lowest BCUT2D eigenvalue weighted by molar-refractivity contribution is 1.31. The van der Waals surface area contributed by atoms with E-state index in [4.69, 9.17) is 0 Å². The summed E-state index contributed by atoms with van der Waals surface area (Å²) in [6.07, 6.45) is 0. The molecule has 11 rings (SSSR count). The van der Waals surface area contributed by atoms with Crippen LogP contribution in [0, 0.1) is 0 Å². The van der Waals surface area contributed by atoms with Gasteiger partial charge in [0.25, 0.3) is 0 Å². The van der Waals surface area contributed by atoms with Crippen LogP contribution in [0.15, 0.2) is 188 Å². The van der Waals surface area contributed by atoms with Crippen LogP contribution in [0.5, 0.6) is 0 Å². The van der Waals surface area contributed by atoms with Crippen molar-refractivity contribution in [3.05, 3.63) is 188 Å². The van der Waals surface area contributed by atoms with E-state index in [1.54, 1.807) is 0 Å². The van der Waals surface area contributed by atoms with Crippen molar-refractivity contribution in [2.75, 3.05) is 4.90 Å². The second-order valence-corrected chi connectivity index (χ2v) is 15.8. The molecule has 2 heterocycles. The molecule has 0 spiro atoms. The summed E-state index contributed by atoms with van der Waals surface area (Å²) in [5.41, 5.74) is 8.35. The molecule has 0 saturated carbocycles. The van der Waals surface area contributed by atoms with Gasteiger partial charge in [-0.1, -0.05) is 146 Å². The Morgan fingerprint density at radius 1 is 0.321 bits per heavy atom. The summed E-state index contributed by atoms with van der Waals surface area (Å²) in [5, 5.41) is 10.2. The minimum Gasteiger partial charge on any atom is -0.310 e. The Morgan fingerprint density at radius 3 is 1.75 bits per heavy atom. The summed E-state index contributed by atoms with van der Waals surface area (Å²) in [6, 6.07) is 69.3. The van der Waals surface area contributed by atoms with E-state index in [1.165, 1.54) is 89.8 Å². The maximum absolute atomic E-state index is 2.49. The maximum atomic E-state index is 2.49. The van der Waals surface area contributed by atoms with Gasteiger partial charge in [0.1, 0.15) is 0 Å². The molecule has 0 saturated heterocycles. The Bertz CT molecular complexity index is 3190. The van der Waals surface area contributed by atoms with Gasteiger partial charge < -0.3 is 4.90 Å². The van der Waals surface area contributed by atoms with Gasteiger partial charge in [0.05, 0.1) is 5.69 Å². The van der Waals surface area contributed by atoms with Crippen molar-refractivity contribution in [1.29, 1.82) is 0 Å². The fraction of sp³-hybridized carbons (Fsp3) is 0. The van der Waals surface area contributed by atoms with Gasteiger partial charge in [-0.05, 0) is 75.3 Å². The van der Waals surface area contributed by atoms with E-state index in [0.29, 0.717) is 0 Å². The van der Waals surface area contributed by atoms with Gasteiger partial charge in [0.15, 0.2) is 0 Å². The van der Waals surface area contributed by atoms with Crippen molar-refractivity contribution in [2.45, 2.75) is 0 Å². The molecular formula is C50H31NS2. The first-order valence-electron chi connectivity index (χ1n) is 18.0. The second-order valence-electron chi connectivity index (χ2n) is 13.7. The molecule has 3 heteroatoms. The Morgan fingerprint density at radius 2 is 0.925 bits per heavy atom. The van der Waals surface area contributed by atoms with Crippen molar-refractivity contribution in [3.63, 3.8) is 0 Å². The molecule has 0 aliphatic heterocycles. The van der Waals surface area contributed by atoms with E-state index < -0.39 is 0 Å². The number of hydrogen-bond donors (Lipinski definition) is 0. The number of benzene rings is 9. The van der Waals surface area contributed by atoms with E-state index in [1.807, 2.05) is 22.7 Å². The summed E-state index contributed by atoms with van der Waals surface area (Å²) in [7, 11) is 0. The van der Waals surface area contributed by atoms with Crippen LogP contribution in [-0.2, 0) is 0 Å². The predicted molar refractivity (Wildman–Crippen MR) is 233 cm³/mol. The summed E-state index contributed by atoms with van der Waals surface area (Å²) in [6.45, 7) is 0. The molecule has 0 atom stereocenters. The first-order chi connectivity index (χ1) is 26.3. The lowest BCUT2D eigenvalue weighted by Gasteiger charge is -2.29. The van der Waals surface area contributed by atoms with Gasteiger partial charge in [-0.15, -0.1) is 22.7 Å². The fourth-order valence-electron chi connectivity index (χ4n) is 8.22. The van der Waals surface area contributed by atoms with Crippen molar-refractivity contribution < 1.29 is 0 Å². The molecule has 0 amide bonds. The number of nitrogens with zero attached hydrogens (tertiary/aromatic N) is 1. The molecular weight excluding hydrogens is 679 g/mol. The summed E-state index contributed by atoms with van der Waals surface area (Å²) < 4.78 is 5.23. The second kappa shape index (κ2) is 12.2. The van der Waals surface area contributed by atoms with E-state index >= 15 is 0 Å². The highest BCUT2D eigenvalue weighted by molar-refractivity contribution is 7.26. The molecule has 2 aromatic heterocycles. The van der Waals surface area contributed by atoms with E-state index in [2.05, 4.69) is 193 Å². The van der Waals surface area contributed by atoms with Gasteiger partial charge >= 0.3 is 0 Å². The topological polar surface area (TPSA) is 3.24 Å².